The van der Waals surface area contributed by atoms with Gasteiger partial charge in [0.25, 0.3) is 5.56 Å². The number of pyridine rings is 1. The molecule has 2 aromatic heterocycles. The number of halogens is 4. The minimum absolute atomic E-state index is 0.0150. The number of nitrogens with zero attached hydrogens (tertiary/aromatic N) is 4. The van der Waals surface area contributed by atoms with Crippen LogP contribution in [-0.2, 0) is 17.5 Å². The standard InChI is InChI=1S/C15H13ClF3N5O2/c16-13-10(6-21-22-14(13)26)23-3-4-24(12(25)8-23)7-9-1-2-11(20-5-9)15(17,18)19/h1-2,5-6H,3-4,7-8H2,(H,22,26). The first-order valence-electron chi connectivity index (χ1n) is 7.54. The van der Waals surface area contributed by atoms with Crippen molar-refractivity contribution in [1.29, 1.82) is 0 Å². The van der Waals surface area contributed by atoms with Gasteiger partial charge in [-0.2, -0.15) is 18.3 Å². The maximum Gasteiger partial charge on any atom is 0.433 e. The number of piperazine rings is 1. The van der Waals surface area contributed by atoms with Crippen LogP contribution < -0.4 is 10.5 Å². The fraction of sp³-hybridized carbons (Fsp3) is 0.333. The number of hydrogen-bond donors (Lipinski definition) is 1. The molecule has 0 aliphatic carbocycles. The smallest absolute Gasteiger partial charge is 0.358 e. The van der Waals surface area contributed by atoms with Crippen LogP contribution in [0.2, 0.25) is 5.02 Å². The number of aromatic nitrogens is 3. The van der Waals surface area contributed by atoms with Gasteiger partial charge in [-0.25, -0.2) is 5.10 Å². The Balaban J connectivity index is 1.67. The number of carbonyl (C=O) groups excluding carboxylic acids is 1. The summed E-state index contributed by atoms with van der Waals surface area (Å²) in [5, 5.41) is 5.82. The van der Waals surface area contributed by atoms with Crippen LogP contribution in [-0.4, -0.2) is 45.6 Å². The highest BCUT2D eigenvalue weighted by atomic mass is 35.5. The molecule has 2 aromatic rings. The second kappa shape index (κ2) is 6.94. The molecule has 1 aliphatic rings. The Kier molecular flexibility index (Phi) is 4.86. The van der Waals surface area contributed by atoms with Gasteiger partial charge in [0.15, 0.2) is 0 Å². The molecule has 0 aromatic carbocycles. The SMILES string of the molecule is O=C1CN(c2cn[nH]c(=O)c2Cl)CCN1Cc1ccc(C(F)(F)F)nc1. The molecule has 1 saturated heterocycles. The fourth-order valence-corrected chi connectivity index (χ4v) is 2.79. The van der Waals surface area contributed by atoms with Gasteiger partial charge < -0.3 is 9.80 Å². The summed E-state index contributed by atoms with van der Waals surface area (Å²) in [6.45, 7) is 0.867. The summed E-state index contributed by atoms with van der Waals surface area (Å²) in [6.07, 6.45) is -2.02. The molecule has 1 fully saturated rings. The Morgan fingerprint density at radius 3 is 2.58 bits per heavy atom. The number of anilines is 1. The van der Waals surface area contributed by atoms with Crippen LogP contribution in [0.3, 0.4) is 0 Å². The summed E-state index contributed by atoms with van der Waals surface area (Å²) in [5.74, 6) is -0.243. The summed E-state index contributed by atoms with van der Waals surface area (Å²) in [6, 6.07) is 2.19. The highest BCUT2D eigenvalue weighted by Crippen LogP contribution is 2.27. The van der Waals surface area contributed by atoms with Crippen LogP contribution >= 0.6 is 11.6 Å². The summed E-state index contributed by atoms with van der Waals surface area (Å²) in [7, 11) is 0. The molecule has 3 heterocycles. The minimum Gasteiger partial charge on any atom is -0.358 e. The average Bonchev–Trinajstić information content (AvgIpc) is 2.59. The molecule has 1 aliphatic heterocycles. The van der Waals surface area contributed by atoms with Crippen molar-refractivity contribution in [3.8, 4) is 0 Å². The normalized spacial score (nSPS) is 15.5. The number of amides is 1. The molecule has 7 nitrogen and oxygen atoms in total. The zero-order valence-electron chi connectivity index (χ0n) is 13.3. The number of aromatic amines is 1. The van der Waals surface area contributed by atoms with E-state index in [-0.39, 0.29) is 24.0 Å². The Morgan fingerprint density at radius 1 is 1.19 bits per heavy atom. The van der Waals surface area contributed by atoms with Gasteiger partial charge in [0.2, 0.25) is 5.91 Å². The quantitative estimate of drug-likeness (QED) is 0.866. The van der Waals surface area contributed by atoms with E-state index >= 15 is 0 Å². The summed E-state index contributed by atoms with van der Waals surface area (Å²) in [5.41, 5.74) is -0.668. The van der Waals surface area contributed by atoms with E-state index in [0.717, 1.165) is 12.3 Å². The average molecular weight is 388 g/mol. The molecular formula is C15H13ClF3N5O2. The van der Waals surface area contributed by atoms with Crippen molar-refractivity contribution >= 4 is 23.2 Å². The van der Waals surface area contributed by atoms with Crippen LogP contribution in [0.5, 0.6) is 0 Å². The molecule has 138 valence electrons. The van der Waals surface area contributed by atoms with E-state index in [1.165, 1.54) is 17.2 Å². The first-order valence-corrected chi connectivity index (χ1v) is 7.91. The van der Waals surface area contributed by atoms with Crippen LogP contribution in [0.15, 0.2) is 29.3 Å². The third-order valence-electron chi connectivity index (χ3n) is 3.93. The van der Waals surface area contributed by atoms with Crippen molar-refractivity contribution in [1.82, 2.24) is 20.1 Å². The van der Waals surface area contributed by atoms with Crippen molar-refractivity contribution in [2.75, 3.05) is 24.5 Å². The highest BCUT2D eigenvalue weighted by molar-refractivity contribution is 6.33. The van der Waals surface area contributed by atoms with Crippen LogP contribution in [0.1, 0.15) is 11.3 Å². The van der Waals surface area contributed by atoms with E-state index in [0.29, 0.717) is 24.3 Å². The lowest BCUT2D eigenvalue weighted by atomic mass is 10.2. The number of carbonyl (C=O) groups is 1. The van der Waals surface area contributed by atoms with Gasteiger partial charge >= 0.3 is 6.18 Å². The topological polar surface area (TPSA) is 82.2 Å². The lowest BCUT2D eigenvalue weighted by Crippen LogP contribution is -2.50. The molecule has 11 heteroatoms. The summed E-state index contributed by atoms with van der Waals surface area (Å²) >= 11 is 5.94. The molecule has 0 spiro atoms. The summed E-state index contributed by atoms with van der Waals surface area (Å²) < 4.78 is 37.6. The summed E-state index contributed by atoms with van der Waals surface area (Å²) in [4.78, 5) is 30.4. The zero-order chi connectivity index (χ0) is 18.9. The lowest BCUT2D eigenvalue weighted by Gasteiger charge is -2.35. The van der Waals surface area contributed by atoms with Crippen molar-refractivity contribution in [2.24, 2.45) is 0 Å². The van der Waals surface area contributed by atoms with Crippen molar-refractivity contribution in [3.05, 3.63) is 51.2 Å². The monoisotopic (exact) mass is 387 g/mol. The first-order chi connectivity index (χ1) is 12.3. The van der Waals surface area contributed by atoms with Gasteiger partial charge in [-0.3, -0.25) is 14.6 Å². The van der Waals surface area contributed by atoms with E-state index in [1.54, 1.807) is 4.90 Å². The molecule has 3 rings (SSSR count). The molecule has 0 radical (unpaired) electrons. The molecular weight excluding hydrogens is 375 g/mol. The van der Waals surface area contributed by atoms with Gasteiger partial charge in [0.1, 0.15) is 10.7 Å². The highest BCUT2D eigenvalue weighted by Gasteiger charge is 2.32. The zero-order valence-corrected chi connectivity index (χ0v) is 14.0. The predicted molar refractivity (Wildman–Crippen MR) is 86.7 cm³/mol. The Hall–Kier alpha value is -2.62. The number of hydrogen-bond acceptors (Lipinski definition) is 5. The van der Waals surface area contributed by atoms with E-state index < -0.39 is 17.4 Å². The molecule has 0 atom stereocenters. The molecule has 1 N–H and O–H groups in total. The van der Waals surface area contributed by atoms with Crippen molar-refractivity contribution in [2.45, 2.75) is 12.7 Å². The number of nitrogens with one attached hydrogen (secondary N) is 1. The van der Waals surface area contributed by atoms with Gasteiger partial charge in [-0.05, 0) is 11.6 Å². The third-order valence-corrected chi connectivity index (χ3v) is 4.29. The van der Waals surface area contributed by atoms with Gasteiger partial charge in [-0.1, -0.05) is 17.7 Å². The Bertz CT molecular complexity index is 869. The maximum absolute atomic E-state index is 12.5. The van der Waals surface area contributed by atoms with Gasteiger partial charge in [0, 0.05) is 25.8 Å². The second-order valence-electron chi connectivity index (χ2n) is 5.68. The number of H-pyrrole nitrogens is 1. The molecule has 0 unspecified atom stereocenters. The van der Waals surface area contributed by atoms with Gasteiger partial charge in [0.05, 0.1) is 18.4 Å². The Labute approximate surface area is 150 Å². The largest absolute Gasteiger partial charge is 0.433 e. The Morgan fingerprint density at radius 2 is 1.96 bits per heavy atom. The van der Waals surface area contributed by atoms with E-state index in [9.17, 15) is 22.8 Å². The number of alkyl halides is 3. The fourth-order valence-electron chi connectivity index (χ4n) is 2.58. The van der Waals surface area contributed by atoms with Crippen LogP contribution in [0.25, 0.3) is 0 Å². The van der Waals surface area contributed by atoms with E-state index in [2.05, 4.69) is 15.2 Å². The number of rotatable bonds is 3. The third kappa shape index (κ3) is 3.79. The van der Waals surface area contributed by atoms with E-state index in [4.69, 9.17) is 11.6 Å². The maximum atomic E-state index is 12.5. The lowest BCUT2D eigenvalue weighted by molar-refractivity contribution is -0.141. The molecule has 0 bridgehead atoms. The van der Waals surface area contributed by atoms with Crippen molar-refractivity contribution in [3.63, 3.8) is 0 Å². The molecule has 0 saturated carbocycles. The first kappa shape index (κ1) is 18.2. The van der Waals surface area contributed by atoms with Crippen molar-refractivity contribution < 1.29 is 18.0 Å². The molecule has 26 heavy (non-hydrogen) atoms. The minimum atomic E-state index is -4.50. The van der Waals surface area contributed by atoms with Crippen LogP contribution in [0, 0.1) is 0 Å². The predicted octanol–water partition coefficient (Wildman–Crippen LogP) is 1.69. The molecule has 1 amide bonds. The van der Waals surface area contributed by atoms with Crippen LogP contribution in [0.4, 0.5) is 18.9 Å². The second-order valence-corrected chi connectivity index (χ2v) is 6.06. The van der Waals surface area contributed by atoms with Gasteiger partial charge in [-0.15, -0.1) is 0 Å². The van der Waals surface area contributed by atoms with E-state index in [1.807, 2.05) is 0 Å².